The van der Waals surface area contributed by atoms with Gasteiger partial charge >= 0.3 is 6.18 Å². The van der Waals surface area contributed by atoms with E-state index in [1.165, 1.54) is 30.5 Å². The van der Waals surface area contributed by atoms with Crippen molar-refractivity contribution in [3.8, 4) is 11.3 Å². The summed E-state index contributed by atoms with van der Waals surface area (Å²) < 4.78 is 64.2. The van der Waals surface area contributed by atoms with E-state index in [0.717, 1.165) is 0 Å². The van der Waals surface area contributed by atoms with Gasteiger partial charge in [0.15, 0.2) is 5.78 Å². The number of nitrogens with zero attached hydrogens (tertiary/aromatic N) is 1. The number of aromatic nitrogens is 1. The van der Waals surface area contributed by atoms with Gasteiger partial charge in [0.2, 0.25) is 0 Å². The van der Waals surface area contributed by atoms with Gasteiger partial charge in [-0.05, 0) is 11.8 Å². The second-order valence-corrected chi connectivity index (χ2v) is 8.81. The number of hydrogen-bond donors (Lipinski definition) is 1. The maximum Gasteiger partial charge on any atom is 0.405 e. The number of carbonyl (C=O) groups excluding carboxylic acids is 1. The minimum Gasteiger partial charge on any atom is -0.512 e. The summed E-state index contributed by atoms with van der Waals surface area (Å²) in [4.78, 5) is 15.2. The SMILES string of the molecule is CC(C)(C)C(=O)C=C(O)C(C)(C)C.Fc1c[c-]c(-c2ccccn2)c(F)c1C(F)(F)F.[Ir]. The van der Waals surface area contributed by atoms with Crippen molar-refractivity contribution in [3.05, 3.63) is 65.6 Å². The fourth-order valence-electron chi connectivity index (χ4n) is 2.01. The van der Waals surface area contributed by atoms with Crippen LogP contribution in [-0.2, 0) is 31.1 Å². The molecule has 0 aliphatic carbocycles. The van der Waals surface area contributed by atoms with Crippen LogP contribution in [0.2, 0.25) is 0 Å². The Morgan fingerprint density at radius 3 is 2.00 bits per heavy atom. The molecule has 0 bridgehead atoms. The summed E-state index contributed by atoms with van der Waals surface area (Å²) in [6, 6.07) is 6.89. The van der Waals surface area contributed by atoms with E-state index >= 15 is 0 Å². The van der Waals surface area contributed by atoms with Crippen molar-refractivity contribution in [2.24, 2.45) is 10.8 Å². The zero-order valence-corrected chi connectivity index (χ0v) is 20.9. The van der Waals surface area contributed by atoms with E-state index in [-0.39, 0.29) is 42.8 Å². The van der Waals surface area contributed by atoms with Crippen LogP contribution < -0.4 is 0 Å². The fraction of sp³-hybridized carbons (Fsp3) is 0.391. The molecule has 1 radical (unpaired) electrons. The van der Waals surface area contributed by atoms with Crippen LogP contribution in [0, 0.1) is 28.5 Å². The van der Waals surface area contributed by atoms with Crippen LogP contribution in [0.25, 0.3) is 11.3 Å². The molecule has 1 aromatic carbocycles. The van der Waals surface area contributed by atoms with Crippen molar-refractivity contribution < 1.29 is 52.0 Å². The largest absolute Gasteiger partial charge is 0.512 e. The van der Waals surface area contributed by atoms with Crippen molar-refractivity contribution in [2.75, 3.05) is 0 Å². The van der Waals surface area contributed by atoms with Crippen LogP contribution >= 0.6 is 0 Å². The number of rotatable bonds is 2. The molecule has 32 heavy (non-hydrogen) atoms. The number of ketones is 1. The topological polar surface area (TPSA) is 50.2 Å². The van der Waals surface area contributed by atoms with Gasteiger partial charge in [0.05, 0.1) is 11.6 Å². The number of aliphatic hydroxyl groups excluding tert-OH is 1. The molecule has 2 aromatic rings. The first-order valence-electron chi connectivity index (χ1n) is 9.30. The van der Waals surface area contributed by atoms with Gasteiger partial charge in [0.1, 0.15) is 5.76 Å². The molecule has 0 aliphatic rings. The van der Waals surface area contributed by atoms with Gasteiger partial charge in [-0.1, -0.05) is 59.2 Å². The Morgan fingerprint density at radius 1 is 1.03 bits per heavy atom. The normalized spacial score (nSPS) is 12.4. The predicted molar refractivity (Wildman–Crippen MR) is 108 cm³/mol. The zero-order chi connectivity index (χ0) is 24.2. The third kappa shape index (κ3) is 8.43. The molecule has 0 atom stereocenters. The number of aliphatic hydroxyl groups is 1. The summed E-state index contributed by atoms with van der Waals surface area (Å²) in [5.74, 6) is -3.30. The molecule has 0 unspecified atom stereocenters. The summed E-state index contributed by atoms with van der Waals surface area (Å²) in [6.07, 6.45) is -2.48. The number of hydrogen-bond acceptors (Lipinski definition) is 3. The monoisotopic (exact) mass is 635 g/mol. The van der Waals surface area contributed by atoms with E-state index in [4.69, 9.17) is 0 Å². The molecule has 179 valence electrons. The maximum absolute atomic E-state index is 13.7. The third-order valence-electron chi connectivity index (χ3n) is 4.00. The Balaban J connectivity index is 0.000000617. The average molecular weight is 635 g/mol. The molecule has 0 saturated heterocycles. The van der Waals surface area contributed by atoms with Gasteiger partial charge in [-0.3, -0.25) is 13.6 Å². The summed E-state index contributed by atoms with van der Waals surface area (Å²) in [5.41, 5.74) is -3.24. The van der Waals surface area contributed by atoms with Crippen LogP contribution in [0.5, 0.6) is 0 Å². The number of halogens is 5. The molecule has 1 aromatic heterocycles. The minimum absolute atomic E-state index is 0. The van der Waals surface area contributed by atoms with Crippen molar-refractivity contribution in [3.63, 3.8) is 0 Å². The van der Waals surface area contributed by atoms with E-state index in [1.54, 1.807) is 0 Å². The molecule has 1 heterocycles. The molecule has 9 heteroatoms. The van der Waals surface area contributed by atoms with Gasteiger partial charge in [0, 0.05) is 48.8 Å². The summed E-state index contributed by atoms with van der Waals surface area (Å²) >= 11 is 0. The van der Waals surface area contributed by atoms with Crippen LogP contribution in [0.15, 0.2) is 42.3 Å². The summed E-state index contributed by atoms with van der Waals surface area (Å²) in [6.45, 7) is 11.1. The number of alkyl halides is 3. The molecular formula is C23H25F5IrNO2-. The number of carbonyl (C=O) groups is 1. The van der Waals surface area contributed by atoms with Crippen molar-refractivity contribution >= 4 is 5.78 Å². The third-order valence-corrected chi connectivity index (χ3v) is 4.00. The number of pyridine rings is 1. The van der Waals surface area contributed by atoms with Crippen molar-refractivity contribution in [2.45, 2.75) is 47.7 Å². The van der Waals surface area contributed by atoms with E-state index < -0.39 is 34.4 Å². The van der Waals surface area contributed by atoms with E-state index in [0.29, 0.717) is 6.07 Å². The Kier molecular flexibility index (Phi) is 10.4. The fourth-order valence-corrected chi connectivity index (χ4v) is 2.01. The van der Waals surface area contributed by atoms with Gasteiger partial charge < -0.3 is 10.1 Å². The van der Waals surface area contributed by atoms with E-state index in [9.17, 15) is 31.9 Å². The molecule has 0 amide bonds. The Bertz CT molecular complexity index is 944. The van der Waals surface area contributed by atoms with Crippen LogP contribution in [0.4, 0.5) is 22.0 Å². The smallest absolute Gasteiger partial charge is 0.405 e. The summed E-state index contributed by atoms with van der Waals surface area (Å²) in [7, 11) is 0. The molecular weight excluding hydrogens is 609 g/mol. The van der Waals surface area contributed by atoms with Crippen LogP contribution in [0.1, 0.15) is 47.1 Å². The predicted octanol–water partition coefficient (Wildman–Crippen LogP) is 6.93. The second kappa shape index (κ2) is 11.1. The quantitative estimate of drug-likeness (QED) is 0.169. The van der Waals surface area contributed by atoms with Crippen molar-refractivity contribution in [1.82, 2.24) is 4.98 Å². The Morgan fingerprint density at radius 2 is 1.59 bits per heavy atom. The maximum atomic E-state index is 13.7. The molecule has 0 saturated carbocycles. The first-order chi connectivity index (χ1) is 14.0. The Hall–Kier alpha value is -2.12. The molecule has 0 aliphatic heterocycles. The van der Waals surface area contributed by atoms with E-state index in [2.05, 4.69) is 11.1 Å². The first kappa shape index (κ1) is 29.9. The molecule has 0 spiro atoms. The van der Waals surface area contributed by atoms with Crippen molar-refractivity contribution in [1.29, 1.82) is 0 Å². The number of benzene rings is 1. The first-order valence-corrected chi connectivity index (χ1v) is 9.30. The zero-order valence-electron chi connectivity index (χ0n) is 18.5. The average Bonchev–Trinajstić information content (AvgIpc) is 2.60. The number of allylic oxidation sites excluding steroid dienone is 2. The van der Waals surface area contributed by atoms with Gasteiger partial charge in [-0.25, -0.2) is 0 Å². The van der Waals surface area contributed by atoms with Gasteiger partial charge in [-0.15, -0.1) is 12.1 Å². The Labute approximate surface area is 198 Å². The molecule has 0 fully saturated rings. The van der Waals surface area contributed by atoms with Crippen LogP contribution in [0.3, 0.4) is 0 Å². The summed E-state index contributed by atoms with van der Waals surface area (Å²) in [5, 5.41) is 9.56. The molecule has 3 nitrogen and oxygen atoms in total. The van der Waals surface area contributed by atoms with Crippen LogP contribution in [-0.4, -0.2) is 15.9 Å². The van der Waals surface area contributed by atoms with E-state index in [1.807, 2.05) is 41.5 Å². The van der Waals surface area contributed by atoms with Gasteiger partial charge in [-0.2, -0.15) is 13.2 Å². The molecule has 2 rings (SSSR count). The second-order valence-electron chi connectivity index (χ2n) is 8.81. The molecule has 1 N–H and O–H groups in total. The van der Waals surface area contributed by atoms with Gasteiger partial charge in [0.25, 0.3) is 0 Å². The minimum atomic E-state index is -5.10. The standard InChI is InChI=1S/C12H5F5N.C11H20O2.Ir/c13-8-5-4-7(9-3-1-2-6-18-9)11(14)10(8)12(15,16)17;1-10(2,3)8(12)7-9(13)11(4,5)6;/h1-3,5-6H;7,12H,1-6H3;/q-1;;.